The minimum Gasteiger partial charge on any atom is -0.460 e. The fourth-order valence-electron chi connectivity index (χ4n) is 3.07. The maximum atomic E-state index is 12.6. The minimum absolute atomic E-state index is 0.0921. The maximum absolute atomic E-state index is 12.6. The third-order valence-corrected chi connectivity index (χ3v) is 5.67. The monoisotopic (exact) mass is 404 g/mol. The summed E-state index contributed by atoms with van der Waals surface area (Å²) in [6.45, 7) is 0.429. The Labute approximate surface area is 165 Å². The Bertz CT molecular complexity index is 891. The Morgan fingerprint density at radius 1 is 1.18 bits per heavy atom. The SMILES string of the molecule is COCCOC(=O)c1c(NC(=O)c2ccc([N+](=O)[O-])cc2)sc2c1CCCC2. The highest BCUT2D eigenvalue weighted by molar-refractivity contribution is 7.17. The molecule has 0 spiro atoms. The number of hydrogen-bond donors (Lipinski definition) is 1. The van der Waals surface area contributed by atoms with Crippen LogP contribution in [0.2, 0.25) is 0 Å². The summed E-state index contributed by atoms with van der Waals surface area (Å²) in [5.74, 6) is -0.908. The number of benzene rings is 1. The van der Waals surface area contributed by atoms with Gasteiger partial charge in [-0.3, -0.25) is 14.9 Å². The molecule has 1 N–H and O–H groups in total. The van der Waals surface area contributed by atoms with Crippen LogP contribution in [0.15, 0.2) is 24.3 Å². The number of nitro groups is 1. The molecular formula is C19H20N2O6S. The van der Waals surface area contributed by atoms with Gasteiger partial charge in [0.1, 0.15) is 11.6 Å². The quantitative estimate of drug-likeness (QED) is 0.327. The molecule has 1 amide bonds. The van der Waals surface area contributed by atoms with E-state index in [4.69, 9.17) is 9.47 Å². The number of esters is 1. The van der Waals surface area contributed by atoms with Gasteiger partial charge in [0, 0.05) is 29.7 Å². The maximum Gasteiger partial charge on any atom is 0.341 e. The first kappa shape index (κ1) is 20.0. The lowest BCUT2D eigenvalue weighted by Gasteiger charge is -2.12. The molecule has 0 radical (unpaired) electrons. The molecule has 3 rings (SSSR count). The second-order valence-corrected chi connectivity index (χ2v) is 7.41. The lowest BCUT2D eigenvalue weighted by atomic mass is 9.95. The third kappa shape index (κ3) is 4.37. The molecule has 0 bridgehead atoms. The van der Waals surface area contributed by atoms with Crippen LogP contribution in [0.25, 0.3) is 0 Å². The summed E-state index contributed by atoms with van der Waals surface area (Å²) in [7, 11) is 1.52. The molecule has 1 aromatic heterocycles. The van der Waals surface area contributed by atoms with Crippen molar-refractivity contribution in [3.05, 3.63) is 55.9 Å². The van der Waals surface area contributed by atoms with E-state index in [1.165, 1.54) is 42.7 Å². The van der Waals surface area contributed by atoms with Crippen LogP contribution in [0.1, 0.15) is 44.0 Å². The Kier molecular flexibility index (Phi) is 6.37. The van der Waals surface area contributed by atoms with Crippen LogP contribution >= 0.6 is 11.3 Å². The predicted molar refractivity (Wildman–Crippen MR) is 104 cm³/mol. The highest BCUT2D eigenvalue weighted by Crippen LogP contribution is 2.38. The van der Waals surface area contributed by atoms with Crippen molar-refractivity contribution in [3.8, 4) is 0 Å². The van der Waals surface area contributed by atoms with Gasteiger partial charge in [-0.05, 0) is 43.4 Å². The number of ether oxygens (including phenoxy) is 2. The topological polar surface area (TPSA) is 108 Å². The van der Waals surface area contributed by atoms with Crippen molar-refractivity contribution in [1.29, 1.82) is 0 Å². The number of rotatable bonds is 7. The molecule has 0 atom stereocenters. The summed E-state index contributed by atoms with van der Waals surface area (Å²) in [4.78, 5) is 36.5. The van der Waals surface area contributed by atoms with Crippen molar-refractivity contribution >= 4 is 33.9 Å². The second-order valence-electron chi connectivity index (χ2n) is 6.30. The van der Waals surface area contributed by atoms with E-state index >= 15 is 0 Å². The second kappa shape index (κ2) is 8.94. The molecule has 1 heterocycles. The van der Waals surface area contributed by atoms with Crippen molar-refractivity contribution in [1.82, 2.24) is 0 Å². The standard InChI is InChI=1S/C19H20N2O6S/c1-26-10-11-27-19(23)16-14-4-2-3-5-15(14)28-18(16)20-17(22)12-6-8-13(9-7-12)21(24)25/h6-9H,2-5,10-11H2,1H3,(H,20,22). The minimum atomic E-state index is -0.525. The van der Waals surface area contributed by atoms with Crippen molar-refractivity contribution in [3.63, 3.8) is 0 Å². The number of hydrogen-bond acceptors (Lipinski definition) is 7. The average molecular weight is 404 g/mol. The fourth-order valence-corrected chi connectivity index (χ4v) is 4.34. The van der Waals surface area contributed by atoms with E-state index in [1.54, 1.807) is 0 Å². The van der Waals surface area contributed by atoms with Crippen molar-refractivity contribution < 1.29 is 24.0 Å². The fraction of sp³-hybridized carbons (Fsp3) is 0.368. The van der Waals surface area contributed by atoms with Gasteiger partial charge in [0.2, 0.25) is 0 Å². The summed E-state index contributed by atoms with van der Waals surface area (Å²) in [6.07, 6.45) is 3.67. The largest absolute Gasteiger partial charge is 0.460 e. The van der Waals surface area contributed by atoms with Gasteiger partial charge in [-0.1, -0.05) is 0 Å². The molecule has 0 aliphatic heterocycles. The zero-order valence-electron chi connectivity index (χ0n) is 15.4. The van der Waals surface area contributed by atoms with Crippen LogP contribution in [0, 0.1) is 10.1 Å². The zero-order valence-corrected chi connectivity index (χ0v) is 16.2. The number of nitrogens with zero attached hydrogens (tertiary/aromatic N) is 1. The van der Waals surface area contributed by atoms with E-state index < -0.39 is 16.8 Å². The average Bonchev–Trinajstić information content (AvgIpc) is 3.06. The van der Waals surface area contributed by atoms with Gasteiger partial charge in [0.25, 0.3) is 11.6 Å². The van der Waals surface area contributed by atoms with E-state index in [0.29, 0.717) is 17.2 Å². The molecule has 28 heavy (non-hydrogen) atoms. The highest BCUT2D eigenvalue weighted by atomic mass is 32.1. The van der Waals surface area contributed by atoms with Gasteiger partial charge < -0.3 is 14.8 Å². The van der Waals surface area contributed by atoms with E-state index in [0.717, 1.165) is 36.1 Å². The van der Waals surface area contributed by atoms with Gasteiger partial charge >= 0.3 is 5.97 Å². The first-order valence-corrected chi connectivity index (χ1v) is 9.69. The lowest BCUT2D eigenvalue weighted by molar-refractivity contribution is -0.384. The van der Waals surface area contributed by atoms with E-state index in [1.807, 2.05) is 0 Å². The number of carbonyl (C=O) groups is 2. The highest BCUT2D eigenvalue weighted by Gasteiger charge is 2.27. The normalized spacial score (nSPS) is 12.9. The Morgan fingerprint density at radius 2 is 1.89 bits per heavy atom. The molecule has 148 valence electrons. The van der Waals surface area contributed by atoms with Gasteiger partial charge in [-0.25, -0.2) is 4.79 Å². The Balaban J connectivity index is 1.84. The first-order valence-electron chi connectivity index (χ1n) is 8.87. The van der Waals surface area contributed by atoms with Crippen LogP contribution < -0.4 is 5.32 Å². The summed E-state index contributed by atoms with van der Waals surface area (Å²) in [5, 5.41) is 14.0. The van der Waals surface area contributed by atoms with Crippen LogP contribution in [0.4, 0.5) is 10.7 Å². The molecule has 1 aliphatic carbocycles. The van der Waals surface area contributed by atoms with Crippen LogP contribution in [-0.2, 0) is 22.3 Å². The number of amides is 1. The van der Waals surface area contributed by atoms with E-state index in [-0.39, 0.29) is 17.9 Å². The molecular weight excluding hydrogens is 384 g/mol. The number of aryl methyl sites for hydroxylation is 1. The van der Waals surface area contributed by atoms with E-state index in [2.05, 4.69) is 5.32 Å². The smallest absolute Gasteiger partial charge is 0.341 e. The molecule has 8 nitrogen and oxygen atoms in total. The summed E-state index contributed by atoms with van der Waals surface area (Å²) < 4.78 is 10.2. The van der Waals surface area contributed by atoms with Crippen molar-refractivity contribution in [2.45, 2.75) is 25.7 Å². The number of methoxy groups -OCH3 is 1. The van der Waals surface area contributed by atoms with Crippen LogP contribution in [0.3, 0.4) is 0 Å². The lowest BCUT2D eigenvalue weighted by Crippen LogP contribution is -2.17. The van der Waals surface area contributed by atoms with Gasteiger partial charge in [0.05, 0.1) is 17.1 Å². The number of fused-ring (bicyclic) bond motifs is 1. The molecule has 9 heteroatoms. The first-order chi connectivity index (χ1) is 13.5. The van der Waals surface area contributed by atoms with Crippen LogP contribution in [0.5, 0.6) is 0 Å². The number of carbonyl (C=O) groups excluding carboxylic acids is 2. The van der Waals surface area contributed by atoms with Gasteiger partial charge in [-0.2, -0.15) is 0 Å². The molecule has 1 aromatic carbocycles. The number of anilines is 1. The van der Waals surface area contributed by atoms with Crippen molar-refractivity contribution in [2.24, 2.45) is 0 Å². The number of nitro benzene ring substituents is 1. The molecule has 2 aromatic rings. The Hall–Kier alpha value is -2.78. The molecule has 0 saturated heterocycles. The number of thiophene rings is 1. The van der Waals surface area contributed by atoms with Crippen molar-refractivity contribution in [2.75, 3.05) is 25.6 Å². The Morgan fingerprint density at radius 3 is 2.57 bits per heavy atom. The van der Waals surface area contributed by atoms with Gasteiger partial charge in [-0.15, -0.1) is 11.3 Å². The molecule has 1 aliphatic rings. The molecule has 0 saturated carbocycles. The number of non-ortho nitro benzene ring substituents is 1. The zero-order chi connectivity index (χ0) is 20.1. The number of nitrogens with one attached hydrogen (secondary N) is 1. The predicted octanol–water partition coefficient (Wildman–Crippen LogP) is 3.59. The summed E-state index contributed by atoms with van der Waals surface area (Å²) >= 11 is 1.39. The summed E-state index contributed by atoms with van der Waals surface area (Å²) in [5.41, 5.74) is 1.53. The molecule has 0 unspecified atom stereocenters. The summed E-state index contributed by atoms with van der Waals surface area (Å²) in [6, 6.07) is 5.32. The molecule has 0 fully saturated rings. The van der Waals surface area contributed by atoms with Gasteiger partial charge in [0.15, 0.2) is 0 Å². The third-order valence-electron chi connectivity index (χ3n) is 4.46. The van der Waals surface area contributed by atoms with E-state index in [9.17, 15) is 19.7 Å². The van der Waals surface area contributed by atoms with Crippen LogP contribution in [-0.4, -0.2) is 37.1 Å².